The maximum atomic E-state index is 11.5. The van der Waals surface area contributed by atoms with Crippen LogP contribution >= 0.6 is 0 Å². The molecule has 0 bridgehead atoms. The van der Waals surface area contributed by atoms with Crippen LogP contribution in [0.4, 0.5) is 4.79 Å². The minimum Gasteiger partial charge on any atom is -0.350 e. The molecule has 3 aromatic rings. The molecule has 0 spiro atoms. The number of carbonyl (C=O) groups excluding carboxylic acids is 1. The fourth-order valence-electron chi connectivity index (χ4n) is 2.72. The molecule has 0 saturated carbocycles. The molecule has 144 valence electrons. The lowest BCUT2D eigenvalue weighted by molar-refractivity contribution is -0.0471. The van der Waals surface area contributed by atoms with Crippen LogP contribution in [-0.4, -0.2) is 29.7 Å². The third-order valence-electron chi connectivity index (χ3n) is 4.07. The molecule has 0 aliphatic heterocycles. The number of hydrogen-bond acceptors (Lipinski definition) is 5. The Kier molecular flexibility index (Phi) is 5.41. The Balaban J connectivity index is 2.11. The average molecular weight is 398 g/mol. The molecule has 0 unspecified atom stereocenters. The Labute approximate surface area is 162 Å². The normalized spacial score (nSPS) is 11.2. The van der Waals surface area contributed by atoms with E-state index < -0.39 is 16.1 Å². The number of benzene rings is 2. The lowest BCUT2D eigenvalue weighted by Gasteiger charge is -2.15. The number of hydroxylamine groups is 2. The summed E-state index contributed by atoms with van der Waals surface area (Å²) >= 11 is 0. The van der Waals surface area contributed by atoms with Gasteiger partial charge in [-0.3, -0.25) is 10.2 Å². The summed E-state index contributed by atoms with van der Waals surface area (Å²) in [5.41, 5.74) is 8.52. The van der Waals surface area contributed by atoms with Gasteiger partial charge in [-0.25, -0.2) is 23.4 Å². The molecular formula is C19H18N4O4S. The van der Waals surface area contributed by atoms with Crippen molar-refractivity contribution in [3.63, 3.8) is 0 Å². The first-order valence-electron chi connectivity index (χ1n) is 8.19. The number of primary amides is 1. The van der Waals surface area contributed by atoms with Crippen molar-refractivity contribution in [1.29, 1.82) is 0 Å². The summed E-state index contributed by atoms with van der Waals surface area (Å²) in [5, 5.41) is 15.1. The molecular weight excluding hydrogens is 380 g/mol. The second-order valence-electron chi connectivity index (χ2n) is 6.07. The highest BCUT2D eigenvalue weighted by atomic mass is 32.2. The van der Waals surface area contributed by atoms with E-state index >= 15 is 0 Å². The predicted molar refractivity (Wildman–Crippen MR) is 103 cm³/mol. The number of primary sulfonamides is 1. The molecule has 5 N–H and O–H groups in total. The van der Waals surface area contributed by atoms with Crippen LogP contribution in [-0.2, 0) is 16.6 Å². The second kappa shape index (κ2) is 7.77. The number of pyridine rings is 1. The number of nitrogens with two attached hydrogens (primary N) is 2. The highest BCUT2D eigenvalue weighted by molar-refractivity contribution is 7.89. The van der Waals surface area contributed by atoms with Gasteiger partial charge in [-0.1, -0.05) is 42.5 Å². The Bertz CT molecular complexity index is 1100. The molecule has 0 fully saturated rings. The van der Waals surface area contributed by atoms with Gasteiger partial charge >= 0.3 is 6.03 Å². The topological polar surface area (TPSA) is 140 Å². The van der Waals surface area contributed by atoms with E-state index in [4.69, 9.17) is 10.9 Å². The van der Waals surface area contributed by atoms with Gasteiger partial charge in [0.15, 0.2) is 0 Å². The molecule has 9 heteroatoms. The summed E-state index contributed by atoms with van der Waals surface area (Å²) in [6.07, 6.45) is 1.54. The van der Waals surface area contributed by atoms with Crippen molar-refractivity contribution in [1.82, 2.24) is 10.0 Å². The van der Waals surface area contributed by atoms with E-state index in [2.05, 4.69) is 4.98 Å². The third-order valence-corrected chi connectivity index (χ3v) is 5.00. The quantitative estimate of drug-likeness (QED) is 0.447. The van der Waals surface area contributed by atoms with E-state index in [9.17, 15) is 18.4 Å². The van der Waals surface area contributed by atoms with Crippen LogP contribution in [0.15, 0.2) is 71.8 Å². The van der Waals surface area contributed by atoms with Crippen molar-refractivity contribution in [2.75, 3.05) is 0 Å². The van der Waals surface area contributed by atoms with Crippen molar-refractivity contribution in [2.45, 2.75) is 11.4 Å². The van der Waals surface area contributed by atoms with E-state index in [0.29, 0.717) is 27.4 Å². The molecule has 28 heavy (non-hydrogen) atoms. The number of hydrogen-bond donors (Lipinski definition) is 3. The Hall–Kier alpha value is -3.27. The fourth-order valence-corrected chi connectivity index (χ4v) is 3.23. The predicted octanol–water partition coefficient (Wildman–Crippen LogP) is 2.33. The minimum absolute atomic E-state index is 0.00288. The number of sulfonamides is 1. The van der Waals surface area contributed by atoms with Gasteiger partial charge in [-0.15, -0.1) is 0 Å². The van der Waals surface area contributed by atoms with Gasteiger partial charge < -0.3 is 5.73 Å². The van der Waals surface area contributed by atoms with Crippen LogP contribution in [0.1, 0.15) is 5.56 Å². The Morgan fingerprint density at radius 1 is 1.04 bits per heavy atom. The van der Waals surface area contributed by atoms with Gasteiger partial charge in [-0.2, -0.15) is 0 Å². The molecule has 0 aliphatic carbocycles. The van der Waals surface area contributed by atoms with Crippen molar-refractivity contribution < 1.29 is 18.4 Å². The largest absolute Gasteiger partial charge is 0.350 e. The van der Waals surface area contributed by atoms with Crippen molar-refractivity contribution in [2.24, 2.45) is 10.9 Å². The number of urea groups is 1. The van der Waals surface area contributed by atoms with E-state index in [0.717, 1.165) is 5.56 Å². The fraction of sp³-hybridized carbons (Fsp3) is 0.0526. The smallest absolute Gasteiger partial charge is 0.338 e. The maximum Gasteiger partial charge on any atom is 0.338 e. The van der Waals surface area contributed by atoms with Gasteiger partial charge in [0, 0.05) is 17.3 Å². The summed E-state index contributed by atoms with van der Waals surface area (Å²) in [4.78, 5) is 15.6. The first-order chi connectivity index (χ1) is 13.3. The van der Waals surface area contributed by atoms with E-state index in [-0.39, 0.29) is 11.4 Å². The molecule has 1 aromatic heterocycles. The molecule has 0 radical (unpaired) electrons. The zero-order chi connectivity index (χ0) is 20.3. The monoisotopic (exact) mass is 398 g/mol. The maximum absolute atomic E-state index is 11.5. The van der Waals surface area contributed by atoms with Crippen molar-refractivity contribution in [3.8, 4) is 22.4 Å². The molecule has 3 rings (SSSR count). The lowest BCUT2D eigenvalue weighted by atomic mass is 9.98. The second-order valence-corrected chi connectivity index (χ2v) is 7.63. The van der Waals surface area contributed by atoms with E-state index in [1.165, 1.54) is 18.3 Å². The molecule has 1 heterocycles. The summed E-state index contributed by atoms with van der Waals surface area (Å²) in [5.74, 6) is 0. The number of nitrogens with zero attached hydrogens (tertiary/aromatic N) is 2. The van der Waals surface area contributed by atoms with Gasteiger partial charge in [-0.05, 0) is 29.3 Å². The summed E-state index contributed by atoms with van der Waals surface area (Å²) in [6, 6.07) is 16.3. The van der Waals surface area contributed by atoms with Crippen molar-refractivity contribution in [3.05, 3.63) is 72.4 Å². The minimum atomic E-state index is -3.80. The van der Waals surface area contributed by atoms with Gasteiger partial charge in [0.2, 0.25) is 10.0 Å². The summed E-state index contributed by atoms with van der Waals surface area (Å²) < 4.78 is 23.0. The Morgan fingerprint density at radius 2 is 1.68 bits per heavy atom. The van der Waals surface area contributed by atoms with Crippen LogP contribution in [0, 0.1) is 0 Å². The van der Waals surface area contributed by atoms with Crippen LogP contribution in [0.25, 0.3) is 22.4 Å². The van der Waals surface area contributed by atoms with E-state index in [1.807, 2.05) is 30.3 Å². The van der Waals surface area contributed by atoms with Crippen LogP contribution in [0.3, 0.4) is 0 Å². The van der Waals surface area contributed by atoms with Crippen LogP contribution in [0.2, 0.25) is 0 Å². The lowest BCUT2D eigenvalue weighted by Crippen LogP contribution is -2.32. The zero-order valence-corrected chi connectivity index (χ0v) is 15.5. The highest BCUT2D eigenvalue weighted by Crippen LogP contribution is 2.31. The van der Waals surface area contributed by atoms with Crippen LogP contribution < -0.4 is 10.9 Å². The number of carbonyl (C=O) groups is 1. The molecule has 0 atom stereocenters. The SMILES string of the molecule is NC(=O)N(O)Cc1cnc(-c2ccccc2)c(-c2ccc(S(N)(=O)=O)cc2)c1. The number of aromatic nitrogens is 1. The average Bonchev–Trinajstić information content (AvgIpc) is 2.68. The molecule has 0 aliphatic rings. The molecule has 2 amide bonds. The van der Waals surface area contributed by atoms with Crippen LogP contribution in [0.5, 0.6) is 0 Å². The Morgan fingerprint density at radius 3 is 2.25 bits per heavy atom. The highest BCUT2D eigenvalue weighted by Gasteiger charge is 2.14. The first kappa shape index (κ1) is 19.5. The van der Waals surface area contributed by atoms with Crippen molar-refractivity contribution >= 4 is 16.1 Å². The summed E-state index contributed by atoms with van der Waals surface area (Å²) in [6.45, 7) is -0.139. The number of amides is 2. The van der Waals surface area contributed by atoms with Gasteiger partial charge in [0.05, 0.1) is 17.1 Å². The summed E-state index contributed by atoms with van der Waals surface area (Å²) in [7, 11) is -3.80. The molecule has 8 nitrogen and oxygen atoms in total. The van der Waals surface area contributed by atoms with Gasteiger partial charge in [0.1, 0.15) is 0 Å². The first-order valence-corrected chi connectivity index (χ1v) is 9.74. The third kappa shape index (κ3) is 4.34. The molecule has 0 saturated heterocycles. The van der Waals surface area contributed by atoms with Gasteiger partial charge in [0.25, 0.3) is 0 Å². The number of rotatable bonds is 5. The zero-order valence-electron chi connectivity index (χ0n) is 14.7. The van der Waals surface area contributed by atoms with E-state index in [1.54, 1.807) is 18.2 Å². The molecule has 2 aromatic carbocycles. The standard InChI is InChI=1S/C19H18N4O4S/c20-19(24)23(25)12-13-10-17(14-6-8-16(9-7-14)28(21,26)27)18(22-11-13)15-4-2-1-3-5-15/h1-11,25H,12H2,(H2,20,24)(H2,21,26,27).